The Morgan fingerprint density at radius 3 is 2.46 bits per heavy atom. The van der Waals surface area contributed by atoms with Gasteiger partial charge in [0, 0.05) is 42.0 Å². The number of aliphatic imine (C=N–C) groups is 1. The average Bonchev–Trinajstić information content (AvgIpc) is 3.24. The van der Waals surface area contributed by atoms with Crippen molar-refractivity contribution in [1.29, 1.82) is 10.8 Å². The average molecular weight is 492 g/mol. The van der Waals surface area contributed by atoms with Crippen molar-refractivity contribution in [2.24, 2.45) is 4.99 Å². The summed E-state index contributed by atoms with van der Waals surface area (Å²) in [6.07, 6.45) is 3.50. The maximum Gasteiger partial charge on any atom is 0.243 e. The SMILES string of the molecule is CC(=N)N1C(=N)[C@H](CO)N=C(c2ccc(Cl)cc2)c2cc(-c3cnn(CC(=O)N(C)C)c3)ccc21. The summed E-state index contributed by atoms with van der Waals surface area (Å²) in [6, 6.07) is 12.0. The number of nitrogens with zero attached hydrogens (tertiary/aromatic N) is 5. The van der Waals surface area contributed by atoms with E-state index in [1.165, 1.54) is 9.80 Å². The molecule has 1 amide bonds. The molecule has 180 valence electrons. The second-order valence-electron chi connectivity index (χ2n) is 8.44. The van der Waals surface area contributed by atoms with Crippen LogP contribution < -0.4 is 4.90 Å². The number of anilines is 1. The number of aliphatic hydroxyl groups excluding tert-OH is 1. The number of carbonyl (C=O) groups excluding carboxylic acids is 1. The highest BCUT2D eigenvalue weighted by atomic mass is 35.5. The number of carbonyl (C=O) groups is 1. The number of nitrogens with one attached hydrogen (secondary N) is 2. The standard InChI is InChI=1S/C25H26ClN7O2/c1-15(27)33-22-9-6-17(18-11-29-32(12-18)13-23(35)31(2)3)10-20(22)24(30-21(14-34)25(33)28)16-4-7-19(26)8-5-16/h4-12,21,27-28,34H,13-14H2,1-3H3/t21-/m0/s1. The van der Waals surface area contributed by atoms with Crippen LogP contribution in [0.1, 0.15) is 18.1 Å². The molecule has 1 aromatic heterocycles. The molecule has 35 heavy (non-hydrogen) atoms. The summed E-state index contributed by atoms with van der Waals surface area (Å²) >= 11 is 6.10. The van der Waals surface area contributed by atoms with Gasteiger partial charge in [0.1, 0.15) is 24.3 Å². The third-order valence-electron chi connectivity index (χ3n) is 5.72. The smallest absolute Gasteiger partial charge is 0.243 e. The van der Waals surface area contributed by atoms with Gasteiger partial charge in [-0.25, -0.2) is 0 Å². The van der Waals surface area contributed by atoms with Crippen LogP contribution in [-0.4, -0.2) is 69.8 Å². The highest BCUT2D eigenvalue weighted by Gasteiger charge is 2.30. The van der Waals surface area contributed by atoms with Crippen molar-refractivity contribution in [3.63, 3.8) is 0 Å². The summed E-state index contributed by atoms with van der Waals surface area (Å²) in [4.78, 5) is 19.8. The molecule has 0 fully saturated rings. The molecular formula is C25H26ClN7O2. The van der Waals surface area contributed by atoms with Crippen LogP contribution >= 0.6 is 11.6 Å². The minimum Gasteiger partial charge on any atom is -0.394 e. The number of benzene rings is 2. The van der Waals surface area contributed by atoms with Gasteiger partial charge >= 0.3 is 0 Å². The molecular weight excluding hydrogens is 466 g/mol. The molecule has 2 heterocycles. The van der Waals surface area contributed by atoms with Gasteiger partial charge in [-0.1, -0.05) is 29.8 Å². The number of halogens is 1. The van der Waals surface area contributed by atoms with Crippen molar-refractivity contribution in [2.75, 3.05) is 25.6 Å². The second kappa shape index (κ2) is 9.81. The summed E-state index contributed by atoms with van der Waals surface area (Å²) in [6.45, 7) is 1.36. The molecule has 0 saturated heterocycles. The van der Waals surface area contributed by atoms with Gasteiger partial charge in [-0.3, -0.25) is 30.2 Å². The fourth-order valence-corrected chi connectivity index (χ4v) is 4.00. The largest absolute Gasteiger partial charge is 0.394 e. The van der Waals surface area contributed by atoms with E-state index in [1.807, 2.05) is 30.3 Å². The van der Waals surface area contributed by atoms with E-state index in [0.29, 0.717) is 22.0 Å². The number of hydrogen-bond donors (Lipinski definition) is 3. The number of rotatable bonds is 5. The summed E-state index contributed by atoms with van der Waals surface area (Å²) in [7, 11) is 3.40. The molecule has 3 N–H and O–H groups in total. The Hall–Kier alpha value is -3.82. The number of amides is 1. The second-order valence-corrected chi connectivity index (χ2v) is 8.87. The van der Waals surface area contributed by atoms with Crippen LogP contribution in [0.15, 0.2) is 59.9 Å². The normalized spacial score (nSPS) is 15.3. The Balaban J connectivity index is 1.86. The quantitative estimate of drug-likeness (QED) is 0.374. The van der Waals surface area contributed by atoms with Crippen LogP contribution in [0, 0.1) is 10.8 Å². The zero-order valence-corrected chi connectivity index (χ0v) is 20.4. The molecule has 0 unspecified atom stereocenters. The molecule has 0 spiro atoms. The fraction of sp³-hybridized carbons (Fsp3) is 0.240. The number of hydrogen-bond acceptors (Lipinski definition) is 6. The Bertz CT molecular complexity index is 1330. The Morgan fingerprint density at radius 2 is 1.83 bits per heavy atom. The van der Waals surface area contributed by atoms with Gasteiger partial charge in [0.25, 0.3) is 0 Å². The van der Waals surface area contributed by atoms with Gasteiger partial charge in [-0.05, 0) is 36.8 Å². The fourth-order valence-electron chi connectivity index (χ4n) is 3.87. The molecule has 1 aliphatic heterocycles. The molecule has 1 atom stereocenters. The lowest BCUT2D eigenvalue weighted by Gasteiger charge is -2.26. The van der Waals surface area contributed by atoms with Gasteiger partial charge < -0.3 is 10.0 Å². The van der Waals surface area contributed by atoms with E-state index in [4.69, 9.17) is 27.4 Å². The van der Waals surface area contributed by atoms with Gasteiger partial charge in [-0.2, -0.15) is 5.10 Å². The third kappa shape index (κ3) is 4.87. The summed E-state index contributed by atoms with van der Waals surface area (Å²) < 4.78 is 1.59. The van der Waals surface area contributed by atoms with Gasteiger partial charge in [0.05, 0.1) is 24.2 Å². The van der Waals surface area contributed by atoms with Crippen molar-refractivity contribution in [1.82, 2.24) is 14.7 Å². The van der Waals surface area contributed by atoms with Crippen molar-refractivity contribution in [3.8, 4) is 11.1 Å². The van der Waals surface area contributed by atoms with Crippen LogP contribution in [0.5, 0.6) is 0 Å². The third-order valence-corrected chi connectivity index (χ3v) is 5.97. The van der Waals surface area contributed by atoms with Crippen LogP contribution in [0.3, 0.4) is 0 Å². The van der Waals surface area contributed by atoms with Crippen LogP contribution in [0.2, 0.25) is 5.02 Å². The molecule has 0 aliphatic carbocycles. The Kier molecular flexibility index (Phi) is 6.81. The lowest BCUT2D eigenvalue weighted by molar-refractivity contribution is -0.129. The number of likely N-dealkylation sites (N-methyl/N-ethyl adjacent to an activating group) is 1. The highest BCUT2D eigenvalue weighted by molar-refractivity contribution is 6.31. The van der Waals surface area contributed by atoms with Crippen molar-refractivity contribution in [2.45, 2.75) is 19.5 Å². The lowest BCUT2D eigenvalue weighted by atomic mass is 9.96. The number of benzodiazepines with no additional fused rings is 1. The molecule has 10 heteroatoms. The predicted molar refractivity (Wildman–Crippen MR) is 138 cm³/mol. The maximum absolute atomic E-state index is 12.1. The monoisotopic (exact) mass is 491 g/mol. The minimum absolute atomic E-state index is 0.0213. The first-order chi connectivity index (χ1) is 16.7. The van der Waals surface area contributed by atoms with Crippen molar-refractivity contribution < 1.29 is 9.90 Å². The van der Waals surface area contributed by atoms with E-state index in [1.54, 1.807) is 50.2 Å². The van der Waals surface area contributed by atoms with Crippen molar-refractivity contribution in [3.05, 3.63) is 71.0 Å². The maximum atomic E-state index is 12.1. The molecule has 2 aromatic carbocycles. The summed E-state index contributed by atoms with van der Waals surface area (Å²) in [5.74, 6) is 0.0994. The van der Waals surface area contributed by atoms with Crippen LogP contribution in [0.25, 0.3) is 11.1 Å². The number of amidine groups is 2. The molecule has 4 rings (SSSR count). The van der Waals surface area contributed by atoms with E-state index in [2.05, 4.69) is 5.10 Å². The highest BCUT2D eigenvalue weighted by Crippen LogP contribution is 2.33. The topological polar surface area (TPSA) is 122 Å². The Labute approximate surface area is 208 Å². The van der Waals surface area contributed by atoms with Gasteiger partial charge in [0.15, 0.2) is 0 Å². The minimum atomic E-state index is -0.836. The summed E-state index contributed by atoms with van der Waals surface area (Å²) in [5.41, 5.74) is 4.33. The Morgan fingerprint density at radius 1 is 1.14 bits per heavy atom. The van der Waals surface area contributed by atoms with E-state index >= 15 is 0 Å². The molecule has 0 saturated carbocycles. The molecule has 0 radical (unpaired) electrons. The number of fused-ring (bicyclic) bond motifs is 1. The molecule has 9 nitrogen and oxygen atoms in total. The van der Waals surface area contributed by atoms with Crippen molar-refractivity contribution >= 4 is 40.6 Å². The van der Waals surface area contributed by atoms with E-state index < -0.39 is 6.04 Å². The van der Waals surface area contributed by atoms with E-state index in [9.17, 15) is 9.90 Å². The van der Waals surface area contributed by atoms with Gasteiger partial charge in [-0.15, -0.1) is 0 Å². The predicted octanol–water partition coefficient (Wildman–Crippen LogP) is 3.28. The zero-order valence-electron chi connectivity index (χ0n) is 19.7. The summed E-state index contributed by atoms with van der Waals surface area (Å²) in [5, 5.41) is 31.9. The number of aliphatic hydroxyl groups is 1. The lowest BCUT2D eigenvalue weighted by Crippen LogP contribution is -2.41. The van der Waals surface area contributed by atoms with E-state index in [-0.39, 0.29) is 30.7 Å². The molecule has 1 aliphatic rings. The van der Waals surface area contributed by atoms with Crippen LogP contribution in [0.4, 0.5) is 5.69 Å². The first-order valence-electron chi connectivity index (χ1n) is 10.9. The molecule has 3 aromatic rings. The first-order valence-corrected chi connectivity index (χ1v) is 11.3. The first kappa shape index (κ1) is 24.3. The molecule has 0 bridgehead atoms. The van der Waals surface area contributed by atoms with Gasteiger partial charge in [0.2, 0.25) is 5.91 Å². The van der Waals surface area contributed by atoms with Crippen LogP contribution in [-0.2, 0) is 11.3 Å². The zero-order chi connectivity index (χ0) is 25.3. The number of aromatic nitrogens is 2. The van der Waals surface area contributed by atoms with E-state index in [0.717, 1.165) is 16.7 Å².